The van der Waals surface area contributed by atoms with E-state index in [2.05, 4.69) is 5.10 Å². The molecule has 0 bridgehead atoms. The predicted octanol–water partition coefficient (Wildman–Crippen LogP) is 0.936. The minimum Gasteiger partial charge on any atom is -0.384 e. The topological polar surface area (TPSA) is 87.2 Å². The summed E-state index contributed by atoms with van der Waals surface area (Å²) in [5, 5.41) is 4.52. The van der Waals surface area contributed by atoms with Crippen molar-refractivity contribution < 1.29 is 13.2 Å². The monoisotopic (exact) mass is 299 g/mol. The molecule has 1 aliphatic heterocycles. The number of sulfone groups is 1. The highest BCUT2D eigenvalue weighted by molar-refractivity contribution is 7.91. The fraction of sp³-hybridized carbons (Fsp3) is 0.769. The Labute approximate surface area is 119 Å². The van der Waals surface area contributed by atoms with Gasteiger partial charge in [0, 0.05) is 19.6 Å². The molecule has 0 amide bonds. The number of hydrogen-bond donors (Lipinski definition) is 1. The number of anilines is 1. The number of ether oxygens (including phenoxy) is 1. The lowest BCUT2D eigenvalue weighted by molar-refractivity contribution is -0.0715. The van der Waals surface area contributed by atoms with E-state index in [1.165, 1.54) is 6.42 Å². The Kier molecular flexibility index (Phi) is 3.29. The summed E-state index contributed by atoms with van der Waals surface area (Å²) in [5.41, 5.74) is 6.80. The van der Waals surface area contributed by atoms with Crippen LogP contribution < -0.4 is 5.73 Å². The van der Waals surface area contributed by atoms with Crippen molar-refractivity contribution in [3.63, 3.8) is 0 Å². The first-order chi connectivity index (χ1) is 9.43. The number of methoxy groups -OCH3 is 1. The Morgan fingerprint density at radius 2 is 2.30 bits per heavy atom. The van der Waals surface area contributed by atoms with Gasteiger partial charge < -0.3 is 10.5 Å². The van der Waals surface area contributed by atoms with E-state index in [1.54, 1.807) is 11.8 Å². The van der Waals surface area contributed by atoms with E-state index in [1.807, 2.05) is 6.07 Å². The van der Waals surface area contributed by atoms with Crippen LogP contribution in [0.4, 0.5) is 5.82 Å². The fourth-order valence-corrected chi connectivity index (χ4v) is 4.86. The van der Waals surface area contributed by atoms with Crippen LogP contribution in [0, 0.1) is 0 Å². The van der Waals surface area contributed by atoms with Gasteiger partial charge in [0.05, 0.1) is 28.8 Å². The van der Waals surface area contributed by atoms with Crippen molar-refractivity contribution in [2.75, 3.05) is 24.3 Å². The number of hydrogen-bond acceptors (Lipinski definition) is 5. The van der Waals surface area contributed by atoms with E-state index in [4.69, 9.17) is 10.5 Å². The molecule has 20 heavy (non-hydrogen) atoms. The Hall–Kier alpha value is -1.08. The molecule has 0 radical (unpaired) electrons. The molecule has 1 saturated heterocycles. The standard InChI is InChI=1S/C13H21N3O3S/c1-19-13(4-2-5-13)8-10-7-12(14)16(15-10)11-3-6-20(17,18)9-11/h7,11H,2-6,8-9,14H2,1H3. The highest BCUT2D eigenvalue weighted by Gasteiger charge is 2.38. The quantitative estimate of drug-likeness (QED) is 0.894. The van der Waals surface area contributed by atoms with Gasteiger partial charge in [-0.05, 0) is 25.7 Å². The average molecular weight is 299 g/mol. The van der Waals surface area contributed by atoms with Crippen LogP contribution in [0.5, 0.6) is 0 Å². The van der Waals surface area contributed by atoms with Crippen LogP contribution in [-0.4, -0.2) is 42.4 Å². The summed E-state index contributed by atoms with van der Waals surface area (Å²) in [6, 6.07) is 1.73. The maximum atomic E-state index is 11.6. The van der Waals surface area contributed by atoms with E-state index in [9.17, 15) is 8.42 Å². The number of nitrogens with two attached hydrogens (primary N) is 1. The molecule has 2 heterocycles. The molecule has 1 aromatic heterocycles. The summed E-state index contributed by atoms with van der Waals surface area (Å²) in [6.07, 6.45) is 4.64. The van der Waals surface area contributed by atoms with E-state index in [0.717, 1.165) is 25.0 Å². The largest absolute Gasteiger partial charge is 0.384 e. The SMILES string of the molecule is COC1(Cc2cc(N)n(C3CCS(=O)(=O)C3)n2)CCC1. The minimum absolute atomic E-state index is 0.0899. The zero-order valence-corrected chi connectivity index (χ0v) is 12.5. The van der Waals surface area contributed by atoms with E-state index >= 15 is 0 Å². The van der Waals surface area contributed by atoms with E-state index in [0.29, 0.717) is 12.2 Å². The van der Waals surface area contributed by atoms with Gasteiger partial charge in [-0.2, -0.15) is 5.10 Å². The van der Waals surface area contributed by atoms with Gasteiger partial charge in [-0.15, -0.1) is 0 Å². The van der Waals surface area contributed by atoms with Gasteiger partial charge in [-0.25, -0.2) is 13.1 Å². The molecule has 1 saturated carbocycles. The van der Waals surface area contributed by atoms with Crippen molar-refractivity contribution in [3.05, 3.63) is 11.8 Å². The highest BCUT2D eigenvalue weighted by Crippen LogP contribution is 2.38. The fourth-order valence-electron chi connectivity index (χ4n) is 3.16. The van der Waals surface area contributed by atoms with Gasteiger partial charge in [-0.1, -0.05) is 0 Å². The van der Waals surface area contributed by atoms with Crippen molar-refractivity contribution in [2.24, 2.45) is 0 Å². The lowest BCUT2D eigenvalue weighted by atomic mass is 9.77. The van der Waals surface area contributed by atoms with Gasteiger partial charge in [0.1, 0.15) is 5.82 Å². The molecule has 1 atom stereocenters. The van der Waals surface area contributed by atoms with E-state index in [-0.39, 0.29) is 23.1 Å². The van der Waals surface area contributed by atoms with Crippen molar-refractivity contribution in [1.82, 2.24) is 9.78 Å². The van der Waals surface area contributed by atoms with Crippen LogP contribution in [0.1, 0.15) is 37.4 Å². The van der Waals surface area contributed by atoms with Gasteiger partial charge in [0.25, 0.3) is 0 Å². The van der Waals surface area contributed by atoms with Gasteiger partial charge in [0.15, 0.2) is 9.84 Å². The van der Waals surface area contributed by atoms with Crippen LogP contribution in [0.25, 0.3) is 0 Å². The number of rotatable bonds is 4. The van der Waals surface area contributed by atoms with Crippen LogP contribution in [0.3, 0.4) is 0 Å². The second-order valence-corrected chi connectivity index (χ2v) is 8.21. The van der Waals surface area contributed by atoms with Crippen molar-refractivity contribution >= 4 is 15.7 Å². The number of nitrogens with zero attached hydrogens (tertiary/aromatic N) is 2. The summed E-state index contributed by atoms with van der Waals surface area (Å²) in [5.74, 6) is 0.926. The molecule has 1 aliphatic carbocycles. The van der Waals surface area contributed by atoms with Crippen LogP contribution in [0.2, 0.25) is 0 Å². The summed E-state index contributed by atoms with van der Waals surface area (Å²) >= 11 is 0. The number of nitrogen functional groups attached to an aromatic ring is 1. The third kappa shape index (κ3) is 2.44. The lowest BCUT2D eigenvalue weighted by Crippen LogP contribution is -2.41. The molecule has 112 valence electrons. The van der Waals surface area contributed by atoms with Crippen molar-refractivity contribution in [2.45, 2.75) is 43.7 Å². The van der Waals surface area contributed by atoms with Gasteiger partial charge in [0.2, 0.25) is 0 Å². The summed E-state index contributed by atoms with van der Waals surface area (Å²) in [4.78, 5) is 0. The lowest BCUT2D eigenvalue weighted by Gasteiger charge is -2.40. The minimum atomic E-state index is -2.93. The second kappa shape index (κ2) is 4.73. The average Bonchev–Trinajstić information content (AvgIpc) is 2.87. The zero-order chi connectivity index (χ0) is 14.4. The molecular weight excluding hydrogens is 278 g/mol. The Balaban J connectivity index is 1.78. The Morgan fingerprint density at radius 1 is 1.55 bits per heavy atom. The molecule has 2 fully saturated rings. The first kappa shape index (κ1) is 13.9. The predicted molar refractivity (Wildman–Crippen MR) is 76.2 cm³/mol. The number of aromatic nitrogens is 2. The molecule has 6 nitrogen and oxygen atoms in total. The second-order valence-electron chi connectivity index (χ2n) is 5.98. The zero-order valence-electron chi connectivity index (χ0n) is 11.7. The molecule has 0 aromatic carbocycles. The van der Waals surface area contributed by atoms with Crippen LogP contribution >= 0.6 is 0 Å². The highest BCUT2D eigenvalue weighted by atomic mass is 32.2. The molecule has 7 heteroatoms. The first-order valence-corrected chi connectivity index (χ1v) is 8.85. The first-order valence-electron chi connectivity index (χ1n) is 7.03. The van der Waals surface area contributed by atoms with Gasteiger partial charge >= 0.3 is 0 Å². The molecule has 1 unspecified atom stereocenters. The molecule has 3 rings (SSSR count). The third-order valence-corrected chi connectivity index (χ3v) is 6.32. The summed E-state index contributed by atoms with van der Waals surface area (Å²) in [6.45, 7) is 0. The van der Waals surface area contributed by atoms with Crippen molar-refractivity contribution in [1.29, 1.82) is 0 Å². The third-order valence-electron chi connectivity index (χ3n) is 4.57. The smallest absolute Gasteiger partial charge is 0.152 e. The molecule has 0 spiro atoms. The van der Waals surface area contributed by atoms with Crippen LogP contribution in [0.15, 0.2) is 6.07 Å². The molecule has 2 N–H and O–H groups in total. The van der Waals surface area contributed by atoms with E-state index < -0.39 is 9.84 Å². The summed E-state index contributed by atoms with van der Waals surface area (Å²) in [7, 11) is -1.19. The maximum Gasteiger partial charge on any atom is 0.152 e. The Morgan fingerprint density at radius 3 is 2.80 bits per heavy atom. The summed E-state index contributed by atoms with van der Waals surface area (Å²) < 4.78 is 30.4. The molecular formula is C13H21N3O3S. The molecule has 1 aromatic rings. The van der Waals surface area contributed by atoms with Crippen molar-refractivity contribution in [3.8, 4) is 0 Å². The maximum absolute atomic E-state index is 11.6. The Bertz CT molecular complexity index is 599. The van der Waals surface area contributed by atoms with Crippen LogP contribution in [-0.2, 0) is 21.0 Å². The normalized spacial score (nSPS) is 27.4. The molecule has 2 aliphatic rings. The van der Waals surface area contributed by atoms with Gasteiger partial charge in [-0.3, -0.25) is 0 Å².